The van der Waals surface area contributed by atoms with Gasteiger partial charge in [-0.3, -0.25) is 24.0 Å². The smallest absolute Gasteiger partial charge is 0.310 e. The van der Waals surface area contributed by atoms with E-state index in [-0.39, 0.29) is 47.5 Å². The average Bonchev–Trinajstić information content (AvgIpc) is 3.22. The molecule has 1 saturated carbocycles. The van der Waals surface area contributed by atoms with Gasteiger partial charge in [0, 0.05) is 74.6 Å². The van der Waals surface area contributed by atoms with Crippen molar-refractivity contribution >= 4 is 47.1 Å². The summed E-state index contributed by atoms with van der Waals surface area (Å²) in [6.07, 6.45) is 8.77. The molecular weight excluding hydrogens is 554 g/mol. The van der Waals surface area contributed by atoms with Gasteiger partial charge < -0.3 is 34.4 Å². The lowest BCUT2D eigenvalue weighted by molar-refractivity contribution is -0.139. The highest BCUT2D eigenvalue weighted by molar-refractivity contribution is 6.09. The number of nitrogens with zero attached hydrogens (tertiary/aromatic N) is 4. The summed E-state index contributed by atoms with van der Waals surface area (Å²) < 4.78 is 8.17. The van der Waals surface area contributed by atoms with Gasteiger partial charge in [0.2, 0.25) is 17.5 Å². The first-order valence-electron chi connectivity index (χ1n) is 13.8. The number of allylic oxidation sites excluding steroid dienone is 2. The molecule has 13 nitrogen and oxygen atoms in total. The number of rotatable bonds is 7. The highest BCUT2D eigenvalue weighted by Crippen LogP contribution is 2.67. The number of piperidine rings is 1. The predicted molar refractivity (Wildman–Crippen MR) is 155 cm³/mol. The zero-order valence-corrected chi connectivity index (χ0v) is 24.4. The van der Waals surface area contributed by atoms with Gasteiger partial charge in [-0.2, -0.15) is 0 Å². The second kappa shape index (κ2) is 9.96. The van der Waals surface area contributed by atoms with E-state index in [4.69, 9.17) is 4.74 Å². The van der Waals surface area contributed by atoms with Gasteiger partial charge in [0.1, 0.15) is 0 Å². The third kappa shape index (κ3) is 4.57. The zero-order valence-electron chi connectivity index (χ0n) is 24.4. The fraction of sp³-hybridized carbons (Fsp3) is 0.333. The summed E-state index contributed by atoms with van der Waals surface area (Å²) in [7, 11) is 4.77. The number of methoxy groups -OCH3 is 1. The Bertz CT molecular complexity index is 1800. The van der Waals surface area contributed by atoms with E-state index in [0.717, 1.165) is 23.2 Å². The number of anilines is 2. The van der Waals surface area contributed by atoms with E-state index in [1.54, 1.807) is 54.2 Å². The number of aromatic nitrogens is 4. The Morgan fingerprint density at radius 1 is 1.19 bits per heavy atom. The van der Waals surface area contributed by atoms with Crippen LogP contribution in [0.25, 0.3) is 6.08 Å². The molecule has 3 N–H and O–H groups in total. The first kappa shape index (κ1) is 27.9. The molecule has 43 heavy (non-hydrogen) atoms. The highest BCUT2D eigenvalue weighted by atomic mass is 16.5. The summed E-state index contributed by atoms with van der Waals surface area (Å²) >= 11 is 0. The number of amides is 3. The normalized spacial score (nSPS) is 19.9. The molecule has 2 aliphatic carbocycles. The summed E-state index contributed by atoms with van der Waals surface area (Å²) in [5.74, 6) is -1.07. The molecule has 4 heterocycles. The van der Waals surface area contributed by atoms with Crippen molar-refractivity contribution < 1.29 is 28.7 Å². The van der Waals surface area contributed by atoms with Crippen molar-refractivity contribution in [3.8, 4) is 0 Å². The van der Waals surface area contributed by atoms with Gasteiger partial charge in [0.15, 0.2) is 5.82 Å². The van der Waals surface area contributed by atoms with E-state index < -0.39 is 11.3 Å². The molecule has 2 unspecified atom stereocenters. The van der Waals surface area contributed by atoms with E-state index in [0.29, 0.717) is 29.3 Å². The minimum Gasteiger partial charge on any atom is -0.469 e. The minimum absolute atomic E-state index is 0.0556. The molecule has 3 aromatic heterocycles. The van der Waals surface area contributed by atoms with E-state index in [1.807, 2.05) is 6.92 Å². The lowest BCUT2D eigenvalue weighted by atomic mass is 9.82. The number of nitrogens with one attached hydrogen (secondary N) is 3. The Balaban J connectivity index is 1.19. The van der Waals surface area contributed by atoms with Crippen LogP contribution in [0.4, 0.5) is 11.5 Å². The summed E-state index contributed by atoms with van der Waals surface area (Å²) in [6, 6.07) is 1.72. The number of imidazole rings is 1. The summed E-state index contributed by atoms with van der Waals surface area (Å²) in [5, 5.41) is 5.34. The van der Waals surface area contributed by atoms with Crippen LogP contribution in [0.15, 0.2) is 36.3 Å². The van der Waals surface area contributed by atoms with Crippen LogP contribution in [0.3, 0.4) is 0 Å². The van der Waals surface area contributed by atoms with Gasteiger partial charge in [-0.25, -0.2) is 4.98 Å². The fourth-order valence-electron chi connectivity index (χ4n) is 6.41. The maximum atomic E-state index is 13.5. The third-order valence-electron chi connectivity index (χ3n) is 8.43. The van der Waals surface area contributed by atoms with Gasteiger partial charge in [-0.05, 0) is 42.5 Å². The third-order valence-corrected chi connectivity index (χ3v) is 8.43. The van der Waals surface area contributed by atoms with Crippen LogP contribution in [-0.4, -0.2) is 67.1 Å². The number of ether oxygens (including phenoxy) is 1. The number of aryl methyl sites for hydroxylation is 3. The number of hydrogen-bond donors (Lipinski definition) is 3. The molecule has 3 aromatic rings. The molecule has 1 aliphatic heterocycles. The number of H-pyrrole nitrogens is 1. The zero-order chi connectivity index (χ0) is 30.8. The van der Waals surface area contributed by atoms with E-state index >= 15 is 0 Å². The van der Waals surface area contributed by atoms with Crippen molar-refractivity contribution in [2.75, 3.05) is 24.3 Å². The van der Waals surface area contributed by atoms with E-state index in [2.05, 4.69) is 20.6 Å². The molecular formula is C30H31N7O6. The molecule has 0 aromatic carbocycles. The predicted octanol–water partition coefficient (Wildman–Crippen LogP) is 2.21. The fourth-order valence-corrected chi connectivity index (χ4v) is 6.41. The van der Waals surface area contributed by atoms with Gasteiger partial charge in [0.25, 0.3) is 11.8 Å². The number of fused-ring (bicyclic) bond motifs is 1. The summed E-state index contributed by atoms with van der Waals surface area (Å²) in [4.78, 5) is 71.8. The van der Waals surface area contributed by atoms with Crippen LogP contribution in [0.2, 0.25) is 0 Å². The Morgan fingerprint density at radius 3 is 2.67 bits per heavy atom. The lowest BCUT2D eigenvalue weighted by Gasteiger charge is -2.28. The number of hydrogen-bond acceptors (Lipinski definition) is 7. The van der Waals surface area contributed by atoms with Crippen molar-refractivity contribution in [2.24, 2.45) is 20.0 Å². The summed E-state index contributed by atoms with van der Waals surface area (Å²) in [6.45, 7) is 3.67. The molecule has 1 saturated heterocycles. The number of carbonyl (C=O) groups excluding carboxylic acids is 5. The standard InChI is InChI=1S/C30H31N7O6/c1-15-20(9-25(41)43-5)26-27(31-15)21(39)10-22-30(26)11-17(30)12-37(22)24(40)7-6-19-8-18(13-35(19)3)33-29(42)28-34-23(14-36(28)4)32-16(2)38/h6-8,10,13-14,17,31H,9,11-12H2,1-5H3,(H,32,38)(H,33,42)/b7-6+. The molecule has 1 spiro atoms. The lowest BCUT2D eigenvalue weighted by Crippen LogP contribution is -2.33. The number of likely N-dealkylation sites (tertiary alicyclic amines) is 1. The molecule has 3 amide bonds. The molecule has 222 valence electrons. The van der Waals surface area contributed by atoms with E-state index in [1.165, 1.54) is 24.7 Å². The first-order chi connectivity index (χ1) is 20.4. The van der Waals surface area contributed by atoms with Crippen LogP contribution < -0.4 is 10.6 Å². The molecule has 6 rings (SSSR count). The second-order valence-corrected chi connectivity index (χ2v) is 11.2. The second-order valence-electron chi connectivity index (χ2n) is 11.2. The topological polar surface area (TPSA) is 160 Å². The molecule has 0 bridgehead atoms. The van der Waals surface area contributed by atoms with Crippen molar-refractivity contribution in [3.63, 3.8) is 0 Å². The van der Waals surface area contributed by atoms with Gasteiger partial charge in [-0.1, -0.05) is 0 Å². The Kier molecular flexibility index (Phi) is 6.48. The maximum Gasteiger partial charge on any atom is 0.310 e. The quantitative estimate of drug-likeness (QED) is 0.283. The Hall–Kier alpha value is -5.20. The van der Waals surface area contributed by atoms with Crippen molar-refractivity contribution in [1.82, 2.24) is 24.0 Å². The monoisotopic (exact) mass is 585 g/mol. The number of esters is 1. The van der Waals surface area contributed by atoms with Crippen LogP contribution in [-0.2, 0) is 45.1 Å². The van der Waals surface area contributed by atoms with Crippen molar-refractivity contribution in [3.05, 3.63) is 70.3 Å². The van der Waals surface area contributed by atoms with Crippen LogP contribution in [0.5, 0.6) is 0 Å². The largest absolute Gasteiger partial charge is 0.469 e. The SMILES string of the molecule is COC(=O)Cc1c(C)[nH]c2c1C13CC1CN(C(=O)/C=C/c1cc(NC(=O)c4nc(NC(C)=O)cn4C)cn1C)C3=CC2=O. The van der Waals surface area contributed by atoms with Crippen LogP contribution >= 0.6 is 0 Å². The average molecular weight is 586 g/mol. The number of aromatic amines is 1. The first-order valence-corrected chi connectivity index (χ1v) is 13.8. The summed E-state index contributed by atoms with van der Waals surface area (Å²) in [5.41, 5.74) is 4.20. The maximum absolute atomic E-state index is 13.5. The van der Waals surface area contributed by atoms with Crippen molar-refractivity contribution in [1.29, 1.82) is 0 Å². The minimum atomic E-state index is -0.464. The van der Waals surface area contributed by atoms with Gasteiger partial charge in [-0.15, -0.1) is 0 Å². The molecule has 2 fully saturated rings. The van der Waals surface area contributed by atoms with E-state index in [9.17, 15) is 24.0 Å². The van der Waals surface area contributed by atoms with Crippen LogP contribution in [0, 0.1) is 12.8 Å². The van der Waals surface area contributed by atoms with Crippen molar-refractivity contribution in [2.45, 2.75) is 32.1 Å². The molecule has 0 radical (unpaired) electrons. The molecule has 3 aliphatic rings. The van der Waals surface area contributed by atoms with Gasteiger partial charge in [0.05, 0.1) is 24.9 Å². The number of ketones is 1. The Morgan fingerprint density at radius 2 is 1.95 bits per heavy atom. The molecule has 13 heteroatoms. The molecule has 2 atom stereocenters. The van der Waals surface area contributed by atoms with Gasteiger partial charge >= 0.3 is 5.97 Å². The van der Waals surface area contributed by atoms with Crippen LogP contribution in [0.1, 0.15) is 57.0 Å². The Labute approximate surface area is 246 Å². The highest BCUT2D eigenvalue weighted by Gasteiger charge is 2.68. The number of carbonyl (C=O) groups is 5.